The monoisotopic (exact) mass is 465 g/mol. The summed E-state index contributed by atoms with van der Waals surface area (Å²) in [6, 6.07) is 12.4. The number of carbonyl (C=O) groups is 1. The first-order valence-electron chi connectivity index (χ1n) is 9.08. The smallest absolute Gasteiger partial charge is 0.252 e. The first-order chi connectivity index (χ1) is 13.3. The number of nitrogens with zero attached hydrogens (tertiary/aromatic N) is 1. The van der Waals surface area contributed by atoms with Crippen LogP contribution < -0.4 is 10.0 Å². The SMILES string of the molecule is CN(C)Cc1ccccc1CNC(=O)c1cc(S(=O)(=O)NC2CC2)ccc1Br. The minimum absolute atomic E-state index is 0.0131. The summed E-state index contributed by atoms with van der Waals surface area (Å²) in [4.78, 5) is 14.9. The van der Waals surface area contributed by atoms with Gasteiger partial charge in [-0.3, -0.25) is 4.79 Å². The van der Waals surface area contributed by atoms with Gasteiger partial charge >= 0.3 is 0 Å². The lowest BCUT2D eigenvalue weighted by Gasteiger charge is -2.15. The summed E-state index contributed by atoms with van der Waals surface area (Å²) in [6.07, 6.45) is 1.71. The Labute approximate surface area is 174 Å². The average Bonchev–Trinajstić information content (AvgIpc) is 3.43. The second-order valence-corrected chi connectivity index (χ2v) is 9.79. The van der Waals surface area contributed by atoms with E-state index in [4.69, 9.17) is 0 Å². The van der Waals surface area contributed by atoms with Gasteiger partial charge in [0.2, 0.25) is 10.0 Å². The molecule has 0 aliphatic heterocycles. The van der Waals surface area contributed by atoms with Crippen molar-refractivity contribution in [1.29, 1.82) is 0 Å². The Bertz CT molecular complexity index is 972. The standard InChI is InChI=1S/C20H24BrN3O3S/c1-24(2)13-15-6-4-3-5-14(15)12-22-20(25)18-11-17(9-10-19(18)21)28(26,27)23-16-7-8-16/h3-6,9-11,16,23H,7-8,12-13H2,1-2H3,(H,22,25). The van der Waals surface area contributed by atoms with Crippen LogP contribution in [0.2, 0.25) is 0 Å². The van der Waals surface area contributed by atoms with E-state index in [1.165, 1.54) is 12.1 Å². The maximum Gasteiger partial charge on any atom is 0.252 e. The lowest BCUT2D eigenvalue weighted by Crippen LogP contribution is -2.27. The van der Waals surface area contributed by atoms with E-state index in [0.29, 0.717) is 16.6 Å². The zero-order valence-corrected chi connectivity index (χ0v) is 18.3. The molecule has 1 aliphatic carbocycles. The zero-order valence-electron chi connectivity index (χ0n) is 15.9. The molecule has 3 rings (SSSR count). The zero-order chi connectivity index (χ0) is 20.3. The van der Waals surface area contributed by atoms with E-state index in [-0.39, 0.29) is 16.8 Å². The van der Waals surface area contributed by atoms with Crippen molar-refractivity contribution in [1.82, 2.24) is 14.9 Å². The number of benzene rings is 2. The molecule has 1 fully saturated rings. The van der Waals surface area contributed by atoms with Crippen LogP contribution in [0.3, 0.4) is 0 Å². The summed E-state index contributed by atoms with van der Waals surface area (Å²) in [5, 5.41) is 2.90. The average molecular weight is 466 g/mol. The molecule has 2 N–H and O–H groups in total. The molecule has 0 radical (unpaired) electrons. The van der Waals surface area contributed by atoms with E-state index in [0.717, 1.165) is 30.5 Å². The number of rotatable bonds is 8. The van der Waals surface area contributed by atoms with E-state index in [1.807, 2.05) is 38.4 Å². The third-order valence-electron chi connectivity index (χ3n) is 4.44. The van der Waals surface area contributed by atoms with Crippen molar-refractivity contribution in [2.24, 2.45) is 0 Å². The van der Waals surface area contributed by atoms with Crippen LogP contribution in [0.4, 0.5) is 0 Å². The summed E-state index contributed by atoms with van der Waals surface area (Å²) in [5.41, 5.74) is 2.46. The molecule has 28 heavy (non-hydrogen) atoms. The minimum atomic E-state index is -3.61. The number of hydrogen-bond acceptors (Lipinski definition) is 4. The Morgan fingerprint density at radius 2 is 1.82 bits per heavy atom. The summed E-state index contributed by atoms with van der Waals surface area (Å²) in [7, 11) is 0.375. The molecule has 150 valence electrons. The van der Waals surface area contributed by atoms with Crippen molar-refractivity contribution in [3.8, 4) is 0 Å². The molecule has 0 atom stereocenters. The van der Waals surface area contributed by atoms with Crippen LogP contribution in [-0.4, -0.2) is 39.4 Å². The fourth-order valence-electron chi connectivity index (χ4n) is 2.83. The topological polar surface area (TPSA) is 78.5 Å². The number of hydrogen-bond donors (Lipinski definition) is 2. The molecule has 0 bridgehead atoms. The van der Waals surface area contributed by atoms with Gasteiger partial charge in [-0.05, 0) is 72.2 Å². The lowest BCUT2D eigenvalue weighted by molar-refractivity contribution is 0.0950. The third-order valence-corrected chi connectivity index (χ3v) is 6.65. The van der Waals surface area contributed by atoms with Gasteiger partial charge in [0.15, 0.2) is 0 Å². The highest BCUT2D eigenvalue weighted by molar-refractivity contribution is 9.10. The summed E-state index contributed by atoms with van der Waals surface area (Å²) in [6.45, 7) is 1.14. The van der Waals surface area contributed by atoms with Gasteiger partial charge in [-0.2, -0.15) is 0 Å². The molecule has 0 unspecified atom stereocenters. The second-order valence-electron chi connectivity index (χ2n) is 7.23. The molecule has 0 heterocycles. The number of carbonyl (C=O) groups excluding carboxylic acids is 1. The fraction of sp³-hybridized carbons (Fsp3) is 0.350. The van der Waals surface area contributed by atoms with Crippen molar-refractivity contribution in [2.75, 3.05) is 14.1 Å². The van der Waals surface area contributed by atoms with Gasteiger partial charge in [0.25, 0.3) is 5.91 Å². The minimum Gasteiger partial charge on any atom is -0.348 e. The van der Waals surface area contributed by atoms with Gasteiger partial charge in [-0.15, -0.1) is 0 Å². The molecule has 0 spiro atoms. The van der Waals surface area contributed by atoms with Gasteiger partial charge in [0, 0.05) is 23.6 Å². The van der Waals surface area contributed by atoms with Gasteiger partial charge in [0.05, 0.1) is 10.5 Å². The van der Waals surface area contributed by atoms with Crippen molar-refractivity contribution < 1.29 is 13.2 Å². The maximum atomic E-state index is 12.7. The van der Waals surface area contributed by atoms with Gasteiger partial charge in [0.1, 0.15) is 0 Å². The summed E-state index contributed by atoms with van der Waals surface area (Å²) >= 11 is 3.35. The third kappa shape index (κ3) is 5.41. The molecule has 0 saturated heterocycles. The first kappa shape index (κ1) is 21.0. The predicted molar refractivity (Wildman–Crippen MR) is 112 cm³/mol. The van der Waals surface area contributed by atoms with Crippen LogP contribution in [0.5, 0.6) is 0 Å². The molecule has 1 amide bonds. The first-order valence-corrected chi connectivity index (χ1v) is 11.4. The van der Waals surface area contributed by atoms with Crippen LogP contribution in [0.1, 0.15) is 34.3 Å². The van der Waals surface area contributed by atoms with Crippen LogP contribution in [0.15, 0.2) is 51.8 Å². The lowest BCUT2D eigenvalue weighted by atomic mass is 10.1. The Hall–Kier alpha value is -1.74. The number of amides is 1. The predicted octanol–water partition coefficient (Wildman–Crippen LogP) is 2.88. The normalized spacial score (nSPS) is 14.3. The molecule has 8 heteroatoms. The molecule has 0 aromatic heterocycles. The molecular formula is C20H24BrN3O3S. The van der Waals surface area contributed by atoms with Crippen LogP contribution in [0.25, 0.3) is 0 Å². The highest BCUT2D eigenvalue weighted by Gasteiger charge is 2.28. The van der Waals surface area contributed by atoms with E-state index in [2.05, 4.69) is 30.9 Å². The van der Waals surface area contributed by atoms with Crippen LogP contribution >= 0.6 is 15.9 Å². The molecule has 2 aromatic rings. The number of nitrogens with one attached hydrogen (secondary N) is 2. The van der Waals surface area contributed by atoms with Gasteiger partial charge < -0.3 is 10.2 Å². The molecular weight excluding hydrogens is 442 g/mol. The summed E-state index contributed by atoms with van der Waals surface area (Å²) < 4.78 is 28.1. The van der Waals surface area contributed by atoms with Crippen molar-refractivity contribution in [3.63, 3.8) is 0 Å². The van der Waals surface area contributed by atoms with Crippen molar-refractivity contribution in [3.05, 3.63) is 63.6 Å². The van der Waals surface area contributed by atoms with Crippen LogP contribution in [-0.2, 0) is 23.1 Å². The maximum absolute atomic E-state index is 12.7. The van der Waals surface area contributed by atoms with E-state index < -0.39 is 10.0 Å². The van der Waals surface area contributed by atoms with Crippen molar-refractivity contribution >= 4 is 31.9 Å². The molecule has 2 aromatic carbocycles. The van der Waals surface area contributed by atoms with E-state index >= 15 is 0 Å². The number of halogens is 1. The largest absolute Gasteiger partial charge is 0.348 e. The highest BCUT2D eigenvalue weighted by Crippen LogP contribution is 2.25. The Morgan fingerprint density at radius 3 is 2.46 bits per heavy atom. The van der Waals surface area contributed by atoms with Gasteiger partial charge in [-0.25, -0.2) is 13.1 Å². The van der Waals surface area contributed by atoms with Gasteiger partial charge in [-0.1, -0.05) is 24.3 Å². The fourth-order valence-corrected chi connectivity index (χ4v) is 4.59. The highest BCUT2D eigenvalue weighted by atomic mass is 79.9. The Balaban J connectivity index is 1.75. The van der Waals surface area contributed by atoms with E-state index in [1.54, 1.807) is 6.07 Å². The number of sulfonamides is 1. The second kappa shape index (κ2) is 8.73. The van der Waals surface area contributed by atoms with Crippen LogP contribution in [0, 0.1) is 0 Å². The molecule has 1 aliphatic rings. The summed E-state index contributed by atoms with van der Waals surface area (Å²) in [5.74, 6) is -0.324. The molecule has 6 nitrogen and oxygen atoms in total. The Morgan fingerprint density at radius 1 is 1.14 bits per heavy atom. The van der Waals surface area contributed by atoms with E-state index in [9.17, 15) is 13.2 Å². The van der Waals surface area contributed by atoms with Crippen molar-refractivity contribution in [2.45, 2.75) is 36.9 Å². The Kier molecular flexibility index (Phi) is 6.54. The molecule has 1 saturated carbocycles. The quantitative estimate of drug-likeness (QED) is 0.627.